The van der Waals surface area contributed by atoms with E-state index in [4.69, 9.17) is 14.5 Å². The van der Waals surface area contributed by atoms with Crippen LogP contribution in [0.25, 0.3) is 11.1 Å². The van der Waals surface area contributed by atoms with Crippen molar-refractivity contribution in [3.8, 4) is 22.6 Å². The quantitative estimate of drug-likeness (QED) is 0.614. The molecule has 1 saturated heterocycles. The highest BCUT2D eigenvalue weighted by atomic mass is 16.6. The lowest BCUT2D eigenvalue weighted by Crippen LogP contribution is -2.28. The molecule has 164 valence electrons. The maximum Gasteiger partial charge on any atom is 0.254 e. The normalized spacial score (nSPS) is 15.0. The number of carbonyl (C=O) groups excluding carboxylic acids is 1. The molecule has 0 N–H and O–H groups in total. The first-order valence-corrected chi connectivity index (χ1v) is 10.9. The van der Waals surface area contributed by atoms with Crippen molar-refractivity contribution in [2.45, 2.75) is 19.4 Å². The summed E-state index contributed by atoms with van der Waals surface area (Å²) in [6.07, 6.45) is 7.64. The lowest BCUT2D eigenvalue weighted by Gasteiger charge is -2.22. The Hall–Kier alpha value is -3.68. The van der Waals surface area contributed by atoms with Crippen LogP contribution in [0.5, 0.6) is 11.5 Å². The Balaban J connectivity index is 1.43. The fourth-order valence-electron chi connectivity index (χ4n) is 4.06. The molecule has 1 fully saturated rings. The first-order chi connectivity index (χ1) is 15.7. The average molecular weight is 431 g/mol. The van der Waals surface area contributed by atoms with Crippen molar-refractivity contribution in [2.24, 2.45) is 0 Å². The van der Waals surface area contributed by atoms with Crippen molar-refractivity contribution >= 4 is 11.9 Å². The lowest BCUT2D eigenvalue weighted by molar-refractivity contribution is 0.0782. The van der Waals surface area contributed by atoms with E-state index in [9.17, 15) is 4.79 Å². The highest BCUT2D eigenvalue weighted by Crippen LogP contribution is 2.31. The Kier molecular flexibility index (Phi) is 5.58. The fraction of sp³-hybridized carbons (Fsp3) is 0.333. The van der Waals surface area contributed by atoms with E-state index in [-0.39, 0.29) is 5.91 Å². The van der Waals surface area contributed by atoms with Crippen LogP contribution in [0, 0.1) is 0 Å². The highest BCUT2D eigenvalue weighted by Gasteiger charge is 2.21. The third kappa shape index (κ3) is 4.08. The van der Waals surface area contributed by atoms with E-state index < -0.39 is 0 Å². The van der Waals surface area contributed by atoms with Gasteiger partial charge in [0.1, 0.15) is 13.2 Å². The minimum absolute atomic E-state index is 0.107. The smallest absolute Gasteiger partial charge is 0.254 e. The van der Waals surface area contributed by atoms with Gasteiger partial charge in [0, 0.05) is 49.9 Å². The number of benzene rings is 1. The molecule has 0 bridgehead atoms. The number of amides is 1. The number of fused-ring (bicyclic) bond motifs is 1. The molecule has 0 saturated carbocycles. The first-order valence-electron chi connectivity index (χ1n) is 10.9. The van der Waals surface area contributed by atoms with Gasteiger partial charge in [0.15, 0.2) is 11.5 Å². The molecule has 5 rings (SSSR count). The molecule has 8 nitrogen and oxygen atoms in total. The van der Waals surface area contributed by atoms with Gasteiger partial charge in [-0.25, -0.2) is 9.97 Å². The van der Waals surface area contributed by atoms with Gasteiger partial charge < -0.3 is 19.3 Å². The summed E-state index contributed by atoms with van der Waals surface area (Å²) in [6.45, 7) is 3.27. The maximum atomic E-state index is 13.2. The summed E-state index contributed by atoms with van der Waals surface area (Å²) in [5.74, 6) is 1.88. The molecule has 2 aromatic heterocycles. The molecule has 0 unspecified atom stereocenters. The standard InChI is InChI=1S/C24H25N5O3/c1-28(23(30)18-4-5-21-22(14-18)32-13-12-31-21)16-20-19(17-6-8-25-9-7-17)15-26-24(27-20)29-10-2-3-11-29/h4-9,14-15H,2-3,10-13,16H2,1H3. The number of nitrogens with zero attached hydrogens (tertiary/aromatic N) is 5. The minimum atomic E-state index is -0.107. The topological polar surface area (TPSA) is 80.7 Å². The van der Waals surface area contributed by atoms with Gasteiger partial charge in [-0.3, -0.25) is 9.78 Å². The van der Waals surface area contributed by atoms with Crippen molar-refractivity contribution in [1.29, 1.82) is 0 Å². The summed E-state index contributed by atoms with van der Waals surface area (Å²) in [6, 6.07) is 9.16. The Morgan fingerprint density at radius 3 is 2.59 bits per heavy atom. The second kappa shape index (κ2) is 8.82. The summed E-state index contributed by atoms with van der Waals surface area (Å²) < 4.78 is 11.2. The Morgan fingerprint density at radius 1 is 1.06 bits per heavy atom. The monoisotopic (exact) mass is 431 g/mol. The summed E-state index contributed by atoms with van der Waals surface area (Å²) >= 11 is 0. The average Bonchev–Trinajstić information content (AvgIpc) is 3.39. The van der Waals surface area contributed by atoms with Crippen LogP contribution in [0.4, 0.5) is 5.95 Å². The number of aromatic nitrogens is 3. The fourth-order valence-corrected chi connectivity index (χ4v) is 4.06. The van der Waals surface area contributed by atoms with Crippen LogP contribution in [0.2, 0.25) is 0 Å². The van der Waals surface area contributed by atoms with Gasteiger partial charge in [0.2, 0.25) is 5.95 Å². The van der Waals surface area contributed by atoms with Gasteiger partial charge in [0.25, 0.3) is 5.91 Å². The van der Waals surface area contributed by atoms with Crippen molar-refractivity contribution in [3.63, 3.8) is 0 Å². The van der Waals surface area contributed by atoms with E-state index in [1.807, 2.05) is 18.3 Å². The molecule has 0 spiro atoms. The van der Waals surface area contributed by atoms with E-state index >= 15 is 0 Å². The number of anilines is 1. The first kappa shape index (κ1) is 20.2. The Labute approximate surface area is 186 Å². The van der Waals surface area contributed by atoms with Crippen LogP contribution in [-0.2, 0) is 6.54 Å². The van der Waals surface area contributed by atoms with Gasteiger partial charge in [-0.1, -0.05) is 0 Å². The van der Waals surface area contributed by atoms with E-state index in [2.05, 4.69) is 14.9 Å². The van der Waals surface area contributed by atoms with Gasteiger partial charge in [-0.15, -0.1) is 0 Å². The summed E-state index contributed by atoms with van der Waals surface area (Å²) in [5.41, 5.74) is 3.23. The summed E-state index contributed by atoms with van der Waals surface area (Å²) in [7, 11) is 1.78. The van der Waals surface area contributed by atoms with Gasteiger partial charge in [-0.2, -0.15) is 0 Å². The third-order valence-electron chi connectivity index (χ3n) is 5.76. The molecule has 1 aromatic carbocycles. The van der Waals surface area contributed by atoms with Crippen molar-refractivity contribution in [3.05, 3.63) is 60.2 Å². The predicted molar refractivity (Wildman–Crippen MR) is 120 cm³/mol. The zero-order valence-corrected chi connectivity index (χ0v) is 18.0. The molecule has 0 radical (unpaired) electrons. The van der Waals surface area contributed by atoms with Crippen molar-refractivity contribution in [1.82, 2.24) is 19.9 Å². The second-order valence-corrected chi connectivity index (χ2v) is 7.98. The molecule has 3 aromatic rings. The molecule has 4 heterocycles. The summed E-state index contributed by atoms with van der Waals surface area (Å²) in [4.78, 5) is 30.7. The van der Waals surface area contributed by atoms with E-state index in [1.54, 1.807) is 42.5 Å². The van der Waals surface area contributed by atoms with Crippen LogP contribution >= 0.6 is 0 Å². The largest absolute Gasteiger partial charge is 0.486 e. The molecule has 2 aliphatic heterocycles. The number of pyridine rings is 1. The second-order valence-electron chi connectivity index (χ2n) is 7.98. The summed E-state index contributed by atoms with van der Waals surface area (Å²) in [5, 5.41) is 0. The molecular formula is C24H25N5O3. The van der Waals surface area contributed by atoms with E-state index in [1.165, 1.54) is 0 Å². The van der Waals surface area contributed by atoms with E-state index in [0.29, 0.717) is 36.8 Å². The van der Waals surface area contributed by atoms with Gasteiger partial charge >= 0.3 is 0 Å². The zero-order chi connectivity index (χ0) is 21.9. The van der Waals surface area contributed by atoms with Crippen LogP contribution in [0.15, 0.2) is 48.9 Å². The highest BCUT2D eigenvalue weighted by molar-refractivity contribution is 5.94. The van der Waals surface area contributed by atoms with E-state index in [0.717, 1.165) is 48.7 Å². The maximum absolute atomic E-state index is 13.2. The minimum Gasteiger partial charge on any atom is -0.486 e. The molecule has 2 aliphatic rings. The Bertz CT molecular complexity index is 1120. The zero-order valence-electron chi connectivity index (χ0n) is 18.0. The lowest BCUT2D eigenvalue weighted by atomic mass is 10.1. The van der Waals surface area contributed by atoms with Gasteiger partial charge in [0.05, 0.1) is 12.2 Å². The van der Waals surface area contributed by atoms with Crippen LogP contribution in [-0.4, -0.2) is 59.1 Å². The van der Waals surface area contributed by atoms with Crippen LogP contribution in [0.1, 0.15) is 28.9 Å². The SMILES string of the molecule is CN(Cc1nc(N2CCCC2)ncc1-c1ccncc1)C(=O)c1ccc2c(c1)OCCO2. The predicted octanol–water partition coefficient (Wildman–Crippen LogP) is 3.18. The molecule has 0 aliphatic carbocycles. The molecule has 8 heteroatoms. The number of hydrogen-bond donors (Lipinski definition) is 0. The number of carbonyl (C=O) groups is 1. The Morgan fingerprint density at radius 2 is 1.81 bits per heavy atom. The third-order valence-corrected chi connectivity index (χ3v) is 5.76. The molecule has 1 amide bonds. The van der Waals surface area contributed by atoms with Crippen molar-refractivity contribution < 1.29 is 14.3 Å². The van der Waals surface area contributed by atoms with Gasteiger partial charge in [-0.05, 0) is 48.7 Å². The number of rotatable bonds is 5. The van der Waals surface area contributed by atoms with Crippen molar-refractivity contribution in [2.75, 3.05) is 38.3 Å². The molecular weight excluding hydrogens is 406 g/mol. The van der Waals surface area contributed by atoms with Crippen LogP contribution in [0.3, 0.4) is 0 Å². The number of hydrogen-bond acceptors (Lipinski definition) is 7. The van der Waals surface area contributed by atoms with Crippen LogP contribution < -0.4 is 14.4 Å². The molecule has 32 heavy (non-hydrogen) atoms. The number of ether oxygens (including phenoxy) is 2. The molecule has 0 atom stereocenters.